The second-order valence-corrected chi connectivity index (χ2v) is 3.66. The normalized spacial score (nSPS) is 28.9. The third-order valence-electron chi connectivity index (χ3n) is 2.75. The summed E-state index contributed by atoms with van der Waals surface area (Å²) in [5, 5.41) is 18.6. The monoisotopic (exact) mass is 229 g/mol. The van der Waals surface area contributed by atoms with Crippen LogP contribution in [0.5, 0.6) is 0 Å². The van der Waals surface area contributed by atoms with Gasteiger partial charge in [-0.2, -0.15) is 0 Å². The molecule has 0 saturated carbocycles. The van der Waals surface area contributed by atoms with Crippen molar-refractivity contribution in [1.82, 2.24) is 4.90 Å². The molecule has 6 nitrogen and oxygen atoms in total. The lowest BCUT2D eigenvalue weighted by Crippen LogP contribution is -2.43. The summed E-state index contributed by atoms with van der Waals surface area (Å²) in [5.74, 6) is -1.13. The highest BCUT2D eigenvalue weighted by atomic mass is 16.5. The van der Waals surface area contributed by atoms with Crippen molar-refractivity contribution in [3.8, 4) is 0 Å². The van der Waals surface area contributed by atoms with Crippen LogP contribution in [0.2, 0.25) is 0 Å². The molecule has 0 bridgehead atoms. The standard InChI is InChI=1S/C10H15NO5/c1-3-4-6-7(12)5-11(10(14)15)8(6)9(13)16-2/h3,6-8,12H,1,4-5H2,2H3,(H,14,15). The van der Waals surface area contributed by atoms with E-state index < -0.39 is 30.1 Å². The van der Waals surface area contributed by atoms with E-state index in [0.29, 0.717) is 6.42 Å². The second kappa shape index (κ2) is 4.98. The molecular formula is C10H15NO5. The molecule has 16 heavy (non-hydrogen) atoms. The quantitative estimate of drug-likeness (QED) is 0.528. The van der Waals surface area contributed by atoms with Crippen LogP contribution in [0.25, 0.3) is 0 Å². The average Bonchev–Trinajstić information content (AvgIpc) is 2.56. The Morgan fingerprint density at radius 1 is 1.62 bits per heavy atom. The number of likely N-dealkylation sites (tertiary alicyclic amines) is 1. The summed E-state index contributed by atoms with van der Waals surface area (Å²) in [5.41, 5.74) is 0. The molecule has 0 aromatic carbocycles. The summed E-state index contributed by atoms with van der Waals surface area (Å²) in [7, 11) is 1.19. The molecule has 0 spiro atoms. The van der Waals surface area contributed by atoms with E-state index in [2.05, 4.69) is 11.3 Å². The van der Waals surface area contributed by atoms with Gasteiger partial charge in [-0.3, -0.25) is 4.90 Å². The van der Waals surface area contributed by atoms with Gasteiger partial charge in [0.15, 0.2) is 0 Å². The lowest BCUT2D eigenvalue weighted by Gasteiger charge is -2.22. The molecule has 0 radical (unpaired) electrons. The number of amides is 1. The fourth-order valence-corrected chi connectivity index (χ4v) is 1.99. The number of β-amino-alcohol motifs (C(OH)–C–C–N with tert-alkyl or cyclic N) is 1. The SMILES string of the molecule is C=CCC1C(O)CN(C(=O)O)C1C(=O)OC. The average molecular weight is 229 g/mol. The number of ether oxygens (including phenoxy) is 1. The first-order chi connectivity index (χ1) is 7.52. The zero-order valence-corrected chi connectivity index (χ0v) is 9.00. The van der Waals surface area contributed by atoms with Gasteiger partial charge in [0.25, 0.3) is 0 Å². The summed E-state index contributed by atoms with van der Waals surface area (Å²) in [4.78, 5) is 23.3. The molecule has 0 aromatic rings. The minimum Gasteiger partial charge on any atom is -0.467 e. The van der Waals surface area contributed by atoms with Gasteiger partial charge in [-0.25, -0.2) is 9.59 Å². The van der Waals surface area contributed by atoms with Gasteiger partial charge in [0.1, 0.15) is 6.04 Å². The number of esters is 1. The maximum Gasteiger partial charge on any atom is 0.408 e. The number of carbonyl (C=O) groups is 2. The summed E-state index contributed by atoms with van der Waals surface area (Å²) < 4.78 is 4.55. The van der Waals surface area contributed by atoms with Crippen LogP contribution in [0.4, 0.5) is 4.79 Å². The number of hydrogen-bond acceptors (Lipinski definition) is 4. The van der Waals surface area contributed by atoms with E-state index in [-0.39, 0.29) is 6.54 Å². The Labute approximate surface area is 93.1 Å². The van der Waals surface area contributed by atoms with E-state index in [9.17, 15) is 14.7 Å². The summed E-state index contributed by atoms with van der Waals surface area (Å²) in [6.45, 7) is 3.44. The lowest BCUT2D eigenvalue weighted by molar-refractivity contribution is -0.146. The van der Waals surface area contributed by atoms with Crippen LogP contribution < -0.4 is 0 Å². The van der Waals surface area contributed by atoms with Crippen molar-refractivity contribution >= 4 is 12.1 Å². The number of carbonyl (C=O) groups excluding carboxylic acids is 1. The van der Waals surface area contributed by atoms with Gasteiger partial charge in [-0.1, -0.05) is 6.08 Å². The largest absolute Gasteiger partial charge is 0.467 e. The number of aliphatic hydroxyl groups excluding tert-OH is 1. The van der Waals surface area contributed by atoms with E-state index in [1.54, 1.807) is 6.08 Å². The van der Waals surface area contributed by atoms with Crippen LogP contribution in [0.15, 0.2) is 12.7 Å². The van der Waals surface area contributed by atoms with E-state index >= 15 is 0 Å². The molecule has 3 atom stereocenters. The molecule has 1 aliphatic rings. The Kier molecular flexibility index (Phi) is 3.89. The van der Waals surface area contributed by atoms with E-state index in [1.165, 1.54) is 7.11 Å². The molecule has 90 valence electrons. The summed E-state index contributed by atoms with van der Waals surface area (Å²) in [6, 6.07) is -0.949. The van der Waals surface area contributed by atoms with E-state index in [1.807, 2.05) is 0 Å². The highest BCUT2D eigenvalue weighted by molar-refractivity contribution is 5.82. The third-order valence-corrected chi connectivity index (χ3v) is 2.75. The zero-order chi connectivity index (χ0) is 12.3. The second-order valence-electron chi connectivity index (χ2n) is 3.66. The first-order valence-corrected chi connectivity index (χ1v) is 4.89. The van der Waals surface area contributed by atoms with E-state index in [0.717, 1.165) is 4.90 Å². The Morgan fingerprint density at radius 2 is 2.25 bits per heavy atom. The summed E-state index contributed by atoms with van der Waals surface area (Å²) >= 11 is 0. The molecule has 1 saturated heterocycles. The van der Waals surface area contributed by atoms with Gasteiger partial charge in [-0.05, 0) is 6.42 Å². The molecular weight excluding hydrogens is 214 g/mol. The van der Waals surface area contributed by atoms with Crippen LogP contribution in [-0.2, 0) is 9.53 Å². The number of methoxy groups -OCH3 is 1. The fourth-order valence-electron chi connectivity index (χ4n) is 1.99. The number of allylic oxidation sites excluding steroid dienone is 1. The fraction of sp³-hybridized carbons (Fsp3) is 0.600. The molecule has 1 aliphatic heterocycles. The molecule has 6 heteroatoms. The van der Waals surface area contributed by atoms with Gasteiger partial charge in [0.05, 0.1) is 19.8 Å². The maximum atomic E-state index is 11.5. The lowest BCUT2D eigenvalue weighted by atomic mass is 9.94. The first kappa shape index (κ1) is 12.5. The maximum absolute atomic E-state index is 11.5. The molecule has 1 heterocycles. The molecule has 1 fully saturated rings. The van der Waals surface area contributed by atoms with Crippen molar-refractivity contribution in [2.24, 2.45) is 5.92 Å². The molecule has 1 rings (SSSR count). The van der Waals surface area contributed by atoms with Gasteiger partial charge in [0, 0.05) is 5.92 Å². The van der Waals surface area contributed by atoms with Gasteiger partial charge in [-0.15, -0.1) is 6.58 Å². The number of nitrogens with zero attached hydrogens (tertiary/aromatic N) is 1. The van der Waals surface area contributed by atoms with Crippen molar-refractivity contribution < 1.29 is 24.5 Å². The van der Waals surface area contributed by atoms with Gasteiger partial charge >= 0.3 is 12.1 Å². The van der Waals surface area contributed by atoms with E-state index in [4.69, 9.17) is 5.11 Å². The highest BCUT2D eigenvalue weighted by Gasteiger charge is 2.47. The zero-order valence-electron chi connectivity index (χ0n) is 9.00. The molecule has 0 aromatic heterocycles. The van der Waals surface area contributed by atoms with Crippen molar-refractivity contribution in [3.63, 3.8) is 0 Å². The Bertz CT molecular complexity index is 304. The number of hydrogen-bond donors (Lipinski definition) is 2. The first-order valence-electron chi connectivity index (χ1n) is 4.89. The predicted octanol–water partition coefficient (Wildman–Crippen LogP) is 0.0748. The van der Waals surface area contributed by atoms with Crippen molar-refractivity contribution in [2.45, 2.75) is 18.6 Å². The molecule has 1 amide bonds. The number of aliphatic hydroxyl groups is 1. The van der Waals surface area contributed by atoms with Crippen molar-refractivity contribution in [2.75, 3.05) is 13.7 Å². The highest BCUT2D eigenvalue weighted by Crippen LogP contribution is 2.28. The third kappa shape index (κ3) is 2.16. The van der Waals surface area contributed by atoms with Gasteiger partial charge in [0.2, 0.25) is 0 Å². The van der Waals surface area contributed by atoms with Crippen LogP contribution in [0, 0.1) is 5.92 Å². The molecule has 2 N–H and O–H groups in total. The topological polar surface area (TPSA) is 87.1 Å². The molecule has 3 unspecified atom stereocenters. The smallest absolute Gasteiger partial charge is 0.408 e. The van der Waals surface area contributed by atoms with Crippen molar-refractivity contribution in [3.05, 3.63) is 12.7 Å². The van der Waals surface area contributed by atoms with Crippen LogP contribution in [0.1, 0.15) is 6.42 Å². The van der Waals surface area contributed by atoms with Crippen LogP contribution in [-0.4, -0.2) is 53.0 Å². The van der Waals surface area contributed by atoms with Crippen molar-refractivity contribution in [1.29, 1.82) is 0 Å². The Balaban J connectivity index is 2.94. The Hall–Kier alpha value is -1.56. The minimum absolute atomic E-state index is 0.0758. The van der Waals surface area contributed by atoms with Crippen LogP contribution in [0.3, 0.4) is 0 Å². The summed E-state index contributed by atoms with van der Waals surface area (Å²) in [6.07, 6.45) is -0.181. The minimum atomic E-state index is -1.24. The Morgan fingerprint density at radius 3 is 2.69 bits per heavy atom. The number of rotatable bonds is 3. The van der Waals surface area contributed by atoms with Crippen LogP contribution >= 0.6 is 0 Å². The number of carboxylic acid groups (broad SMARTS) is 1. The van der Waals surface area contributed by atoms with Gasteiger partial charge < -0.3 is 14.9 Å². The predicted molar refractivity (Wildman–Crippen MR) is 54.8 cm³/mol. The molecule has 0 aliphatic carbocycles.